The lowest BCUT2D eigenvalue weighted by Crippen LogP contribution is -2.84. The smallest absolute Gasteiger partial charge is 0.345 e. The summed E-state index contributed by atoms with van der Waals surface area (Å²) in [6, 6.07) is -0.998. The quantitative estimate of drug-likeness (QED) is 0.666. The van der Waals surface area contributed by atoms with Gasteiger partial charge in [-0.05, 0) is 13.3 Å². The molecule has 118 valence electrons. The number of nitrogens with zero attached hydrogens (tertiary/aromatic N) is 4. The van der Waals surface area contributed by atoms with Crippen molar-refractivity contribution >= 4 is 23.8 Å². The number of hydrogen-bond donors (Lipinski definition) is 1. The second-order valence-electron chi connectivity index (χ2n) is 6.84. The molecule has 0 spiro atoms. The molecule has 0 unspecified atom stereocenters. The molecule has 5 amide bonds. The van der Waals surface area contributed by atoms with Gasteiger partial charge in [-0.1, -0.05) is 0 Å². The van der Waals surface area contributed by atoms with E-state index in [1.807, 2.05) is 21.0 Å². The highest BCUT2D eigenvalue weighted by molar-refractivity contribution is 6.09. The molecule has 4 atom stereocenters. The Balaban J connectivity index is 1.88. The Bertz CT molecular complexity index is 630. The number of carbonyl (C=O) groups is 3. The monoisotopic (exact) mass is 305 g/mol. The topological polar surface area (TPSA) is 85.3 Å². The van der Waals surface area contributed by atoms with Crippen molar-refractivity contribution in [3.05, 3.63) is 0 Å². The van der Waals surface area contributed by atoms with Crippen LogP contribution in [0.25, 0.3) is 0 Å². The molecule has 4 aliphatic rings. The zero-order valence-corrected chi connectivity index (χ0v) is 12.9. The van der Waals surface area contributed by atoms with Gasteiger partial charge in [0.05, 0.1) is 23.4 Å². The van der Waals surface area contributed by atoms with Gasteiger partial charge in [0.25, 0.3) is 0 Å². The average molecular weight is 305 g/mol. The van der Waals surface area contributed by atoms with Crippen molar-refractivity contribution < 1.29 is 14.4 Å². The van der Waals surface area contributed by atoms with Crippen LogP contribution < -0.4 is 5.32 Å². The molecular weight excluding hydrogens is 286 g/mol. The fourth-order valence-corrected chi connectivity index (χ4v) is 4.58. The lowest BCUT2D eigenvalue weighted by atomic mass is 9.50. The molecule has 3 aliphatic heterocycles. The number of nitrogens with one attached hydrogen (secondary N) is 1. The first kappa shape index (κ1) is 13.5. The van der Waals surface area contributed by atoms with Gasteiger partial charge in [0.1, 0.15) is 5.84 Å². The Labute approximate surface area is 128 Å². The molecule has 1 saturated carbocycles. The van der Waals surface area contributed by atoms with Crippen LogP contribution in [-0.4, -0.2) is 77.8 Å². The number of urea groups is 2. The third-order valence-electron chi connectivity index (χ3n) is 5.58. The van der Waals surface area contributed by atoms with E-state index in [4.69, 9.17) is 0 Å². The molecule has 1 aliphatic carbocycles. The van der Waals surface area contributed by atoms with E-state index in [0.717, 1.165) is 0 Å². The first-order valence-corrected chi connectivity index (χ1v) is 7.56. The van der Waals surface area contributed by atoms with Gasteiger partial charge in [0.15, 0.2) is 0 Å². The summed E-state index contributed by atoms with van der Waals surface area (Å²) in [5.74, 6) is 0.209. The average Bonchev–Trinajstić information content (AvgIpc) is 2.64. The van der Waals surface area contributed by atoms with Crippen LogP contribution in [0.2, 0.25) is 0 Å². The van der Waals surface area contributed by atoms with E-state index in [9.17, 15) is 14.4 Å². The van der Waals surface area contributed by atoms with E-state index in [1.54, 1.807) is 14.7 Å². The van der Waals surface area contributed by atoms with Crippen LogP contribution in [-0.2, 0) is 4.79 Å². The van der Waals surface area contributed by atoms with E-state index in [0.29, 0.717) is 25.3 Å². The number of imide groups is 1. The third kappa shape index (κ3) is 1.33. The zero-order chi connectivity index (χ0) is 15.8. The number of rotatable bonds is 0. The van der Waals surface area contributed by atoms with E-state index in [1.165, 1.54) is 0 Å². The predicted molar refractivity (Wildman–Crippen MR) is 77.3 cm³/mol. The number of fused-ring (bicyclic) bond motifs is 1. The lowest BCUT2D eigenvalue weighted by molar-refractivity contribution is -0.160. The number of amidine groups is 1. The molecule has 3 heterocycles. The zero-order valence-electron chi connectivity index (χ0n) is 12.9. The molecule has 2 saturated heterocycles. The minimum absolute atomic E-state index is 0.148. The molecule has 8 nitrogen and oxygen atoms in total. The highest BCUT2D eigenvalue weighted by Crippen LogP contribution is 2.56. The first-order chi connectivity index (χ1) is 10.4. The van der Waals surface area contributed by atoms with Gasteiger partial charge in [-0.15, -0.1) is 0 Å². The van der Waals surface area contributed by atoms with Crippen LogP contribution >= 0.6 is 0 Å². The van der Waals surface area contributed by atoms with Crippen LogP contribution in [0.3, 0.4) is 0 Å². The number of aliphatic imine (C=N–C) groups is 1. The van der Waals surface area contributed by atoms with Gasteiger partial charge in [-0.3, -0.25) is 10.1 Å². The van der Waals surface area contributed by atoms with Crippen LogP contribution in [0.5, 0.6) is 0 Å². The standard InChI is InChI=1S/C14H19N5O3/c1-14-7-8-9(14)19(13(22)16-11(14)20)6-4-5-18(8)12(21)15-10(7)17(2)3/h7-9H,4-6H2,1-3H3,(H,16,20,22)/t7-,8-,9-,14+/m1/s1. The SMILES string of the molecule is CN(C)C1=NC(=O)N2CCCN3C(=O)NC(=O)[C@@]4(C)[C@@H]1[C@@H]2[C@@H]34. The second-order valence-corrected chi connectivity index (χ2v) is 6.84. The molecule has 1 N–H and O–H groups in total. The Morgan fingerprint density at radius 1 is 1.23 bits per heavy atom. The van der Waals surface area contributed by atoms with Crippen molar-refractivity contribution in [1.82, 2.24) is 20.0 Å². The van der Waals surface area contributed by atoms with Gasteiger partial charge < -0.3 is 14.7 Å². The van der Waals surface area contributed by atoms with Crippen molar-refractivity contribution in [1.29, 1.82) is 0 Å². The molecule has 0 radical (unpaired) electrons. The molecule has 4 rings (SSSR count). The van der Waals surface area contributed by atoms with Crippen molar-refractivity contribution in [3.63, 3.8) is 0 Å². The van der Waals surface area contributed by atoms with Crippen LogP contribution in [0.4, 0.5) is 9.59 Å². The van der Waals surface area contributed by atoms with Gasteiger partial charge in [-0.25, -0.2) is 9.59 Å². The molecule has 0 aromatic rings. The number of carbonyl (C=O) groups excluding carboxylic acids is 3. The molecule has 0 aromatic carbocycles. The maximum absolute atomic E-state index is 12.5. The van der Waals surface area contributed by atoms with Gasteiger partial charge in [-0.2, -0.15) is 4.99 Å². The minimum Gasteiger partial charge on any atom is -0.366 e. The molecule has 22 heavy (non-hydrogen) atoms. The molecule has 3 fully saturated rings. The van der Waals surface area contributed by atoms with E-state index in [-0.39, 0.29) is 36.0 Å². The van der Waals surface area contributed by atoms with Crippen molar-refractivity contribution in [3.8, 4) is 0 Å². The van der Waals surface area contributed by atoms with Crippen molar-refractivity contribution in [2.24, 2.45) is 16.3 Å². The van der Waals surface area contributed by atoms with Crippen molar-refractivity contribution in [2.45, 2.75) is 25.4 Å². The van der Waals surface area contributed by atoms with E-state index >= 15 is 0 Å². The molecule has 0 aromatic heterocycles. The highest BCUT2D eigenvalue weighted by Gasteiger charge is 2.73. The van der Waals surface area contributed by atoms with E-state index < -0.39 is 5.41 Å². The Kier molecular flexibility index (Phi) is 2.46. The summed E-state index contributed by atoms with van der Waals surface area (Å²) >= 11 is 0. The van der Waals surface area contributed by atoms with Crippen LogP contribution in [0.15, 0.2) is 4.99 Å². The largest absolute Gasteiger partial charge is 0.366 e. The van der Waals surface area contributed by atoms with Gasteiger partial charge >= 0.3 is 12.1 Å². The predicted octanol–water partition coefficient (Wildman–Crippen LogP) is -0.289. The summed E-state index contributed by atoms with van der Waals surface area (Å²) in [5, 5.41) is 2.48. The summed E-state index contributed by atoms with van der Waals surface area (Å²) in [6.07, 6.45) is 0.704. The summed E-state index contributed by atoms with van der Waals surface area (Å²) in [5.41, 5.74) is -0.731. The first-order valence-electron chi connectivity index (χ1n) is 7.56. The molecule has 0 bridgehead atoms. The van der Waals surface area contributed by atoms with Crippen LogP contribution in [0, 0.1) is 11.3 Å². The number of amides is 5. The lowest BCUT2D eigenvalue weighted by Gasteiger charge is -2.65. The summed E-state index contributed by atoms with van der Waals surface area (Å²) in [7, 11) is 3.66. The Morgan fingerprint density at radius 3 is 2.59 bits per heavy atom. The fraction of sp³-hybridized carbons (Fsp3) is 0.714. The van der Waals surface area contributed by atoms with Gasteiger partial charge in [0.2, 0.25) is 5.91 Å². The van der Waals surface area contributed by atoms with E-state index in [2.05, 4.69) is 10.3 Å². The number of hydrogen-bond acceptors (Lipinski definition) is 4. The summed E-state index contributed by atoms with van der Waals surface area (Å²) in [4.78, 5) is 46.6. The fourth-order valence-electron chi connectivity index (χ4n) is 4.58. The Morgan fingerprint density at radius 2 is 1.91 bits per heavy atom. The minimum atomic E-state index is -0.731. The van der Waals surface area contributed by atoms with Crippen molar-refractivity contribution in [2.75, 3.05) is 27.2 Å². The summed E-state index contributed by atoms with van der Waals surface area (Å²) < 4.78 is 0. The third-order valence-corrected chi connectivity index (χ3v) is 5.58. The summed E-state index contributed by atoms with van der Waals surface area (Å²) in [6.45, 7) is 3.02. The second kappa shape index (κ2) is 3.99. The Hall–Kier alpha value is -2.12. The normalized spacial score (nSPS) is 39.5. The maximum Gasteiger partial charge on any atom is 0.345 e. The van der Waals surface area contributed by atoms with Crippen LogP contribution in [0.1, 0.15) is 13.3 Å². The molecular formula is C14H19N5O3. The highest BCUT2D eigenvalue weighted by atomic mass is 16.2. The van der Waals surface area contributed by atoms with Gasteiger partial charge in [0, 0.05) is 27.2 Å². The maximum atomic E-state index is 12.5. The molecule has 8 heteroatoms.